The standard InChI is InChI=1S/C11H24N2/c1-3-5-11(4-2)13-7-6-10(8-12)9-13/h10-11H,3-9,12H2,1-2H3. The van der Waals surface area contributed by atoms with Crippen LogP contribution in [0.25, 0.3) is 0 Å². The Morgan fingerprint density at radius 1 is 1.46 bits per heavy atom. The van der Waals surface area contributed by atoms with Gasteiger partial charge in [0.2, 0.25) is 0 Å². The molecule has 1 heterocycles. The molecular formula is C11H24N2. The third-order valence-electron chi connectivity index (χ3n) is 3.26. The fourth-order valence-corrected chi connectivity index (χ4v) is 2.36. The minimum Gasteiger partial charge on any atom is -0.330 e. The van der Waals surface area contributed by atoms with Gasteiger partial charge in [-0.2, -0.15) is 0 Å². The van der Waals surface area contributed by atoms with Gasteiger partial charge < -0.3 is 10.6 Å². The van der Waals surface area contributed by atoms with Gasteiger partial charge in [0.15, 0.2) is 0 Å². The molecule has 78 valence electrons. The Balaban J connectivity index is 2.33. The Morgan fingerprint density at radius 2 is 2.23 bits per heavy atom. The molecule has 13 heavy (non-hydrogen) atoms. The van der Waals surface area contributed by atoms with Crippen molar-refractivity contribution in [2.45, 2.75) is 45.6 Å². The number of nitrogens with zero attached hydrogens (tertiary/aromatic N) is 1. The van der Waals surface area contributed by atoms with Gasteiger partial charge in [-0.25, -0.2) is 0 Å². The van der Waals surface area contributed by atoms with Crippen molar-refractivity contribution in [3.63, 3.8) is 0 Å². The van der Waals surface area contributed by atoms with Crippen molar-refractivity contribution >= 4 is 0 Å². The first kappa shape index (κ1) is 11.0. The summed E-state index contributed by atoms with van der Waals surface area (Å²) in [5, 5.41) is 0. The van der Waals surface area contributed by atoms with Crippen molar-refractivity contribution in [3.8, 4) is 0 Å². The maximum atomic E-state index is 5.68. The molecule has 2 heteroatoms. The van der Waals surface area contributed by atoms with Gasteiger partial charge in [-0.3, -0.25) is 0 Å². The Bertz CT molecular complexity index is 136. The zero-order valence-electron chi connectivity index (χ0n) is 9.13. The molecule has 2 atom stereocenters. The highest BCUT2D eigenvalue weighted by Crippen LogP contribution is 2.21. The van der Waals surface area contributed by atoms with E-state index in [2.05, 4.69) is 18.7 Å². The highest BCUT2D eigenvalue weighted by molar-refractivity contribution is 4.81. The molecule has 0 aromatic carbocycles. The molecule has 1 saturated heterocycles. The number of hydrogen-bond acceptors (Lipinski definition) is 2. The van der Waals surface area contributed by atoms with E-state index in [0.717, 1.165) is 18.5 Å². The molecule has 0 aromatic rings. The quantitative estimate of drug-likeness (QED) is 0.706. The van der Waals surface area contributed by atoms with Crippen molar-refractivity contribution in [1.82, 2.24) is 4.90 Å². The van der Waals surface area contributed by atoms with Gasteiger partial charge in [0.05, 0.1) is 0 Å². The summed E-state index contributed by atoms with van der Waals surface area (Å²) in [6.07, 6.45) is 5.28. The fourth-order valence-electron chi connectivity index (χ4n) is 2.36. The van der Waals surface area contributed by atoms with Gasteiger partial charge in [0.25, 0.3) is 0 Å². The highest BCUT2D eigenvalue weighted by atomic mass is 15.2. The average molecular weight is 184 g/mol. The molecule has 0 spiro atoms. The highest BCUT2D eigenvalue weighted by Gasteiger charge is 2.25. The lowest BCUT2D eigenvalue weighted by Gasteiger charge is -2.26. The zero-order chi connectivity index (χ0) is 9.68. The van der Waals surface area contributed by atoms with E-state index in [1.807, 2.05) is 0 Å². The second-order valence-corrected chi connectivity index (χ2v) is 4.24. The summed E-state index contributed by atoms with van der Waals surface area (Å²) in [7, 11) is 0. The largest absolute Gasteiger partial charge is 0.330 e. The average Bonchev–Trinajstić information content (AvgIpc) is 2.62. The molecule has 0 bridgehead atoms. The number of rotatable bonds is 5. The Labute approximate surface area is 82.5 Å². The van der Waals surface area contributed by atoms with Crippen molar-refractivity contribution < 1.29 is 0 Å². The van der Waals surface area contributed by atoms with Crippen LogP contribution in [0.2, 0.25) is 0 Å². The predicted molar refractivity (Wildman–Crippen MR) is 57.7 cm³/mol. The predicted octanol–water partition coefficient (Wildman–Crippen LogP) is 1.85. The van der Waals surface area contributed by atoms with Crippen LogP contribution < -0.4 is 5.73 Å². The lowest BCUT2D eigenvalue weighted by atomic mass is 10.1. The van der Waals surface area contributed by atoms with E-state index in [0.29, 0.717) is 0 Å². The number of hydrogen-bond donors (Lipinski definition) is 1. The van der Waals surface area contributed by atoms with Crippen LogP contribution in [0, 0.1) is 5.92 Å². The van der Waals surface area contributed by atoms with E-state index < -0.39 is 0 Å². The Hall–Kier alpha value is -0.0800. The van der Waals surface area contributed by atoms with Gasteiger partial charge in [-0.05, 0) is 38.3 Å². The molecule has 2 unspecified atom stereocenters. The first-order valence-corrected chi connectivity index (χ1v) is 5.75. The molecule has 0 amide bonds. The topological polar surface area (TPSA) is 29.3 Å². The summed E-state index contributed by atoms with van der Waals surface area (Å²) in [6, 6.07) is 0.821. The summed E-state index contributed by atoms with van der Waals surface area (Å²) in [6.45, 7) is 7.98. The second kappa shape index (κ2) is 5.61. The lowest BCUT2D eigenvalue weighted by molar-refractivity contribution is 0.216. The number of likely N-dealkylation sites (tertiary alicyclic amines) is 1. The van der Waals surface area contributed by atoms with E-state index in [1.54, 1.807) is 0 Å². The fraction of sp³-hybridized carbons (Fsp3) is 1.00. The molecule has 0 radical (unpaired) electrons. The van der Waals surface area contributed by atoms with Crippen LogP contribution >= 0.6 is 0 Å². The van der Waals surface area contributed by atoms with E-state index >= 15 is 0 Å². The first-order chi connectivity index (χ1) is 6.31. The van der Waals surface area contributed by atoms with Crippen molar-refractivity contribution in [3.05, 3.63) is 0 Å². The van der Waals surface area contributed by atoms with Crippen LogP contribution in [0.5, 0.6) is 0 Å². The third-order valence-corrected chi connectivity index (χ3v) is 3.26. The van der Waals surface area contributed by atoms with Crippen LogP contribution in [0.4, 0.5) is 0 Å². The van der Waals surface area contributed by atoms with Crippen LogP contribution in [-0.4, -0.2) is 30.6 Å². The van der Waals surface area contributed by atoms with Crippen LogP contribution in [0.1, 0.15) is 39.5 Å². The van der Waals surface area contributed by atoms with Gasteiger partial charge in [-0.1, -0.05) is 20.3 Å². The van der Waals surface area contributed by atoms with Crippen LogP contribution in [0.3, 0.4) is 0 Å². The number of nitrogens with two attached hydrogens (primary N) is 1. The maximum Gasteiger partial charge on any atom is 0.00926 e. The summed E-state index contributed by atoms with van der Waals surface area (Å²) in [5.74, 6) is 0.769. The third kappa shape index (κ3) is 2.96. The van der Waals surface area contributed by atoms with Gasteiger partial charge in [-0.15, -0.1) is 0 Å². The normalized spacial score (nSPS) is 26.5. The van der Waals surface area contributed by atoms with Crippen molar-refractivity contribution in [2.24, 2.45) is 11.7 Å². The van der Waals surface area contributed by atoms with Crippen molar-refractivity contribution in [1.29, 1.82) is 0 Å². The summed E-state index contributed by atoms with van der Waals surface area (Å²) in [4.78, 5) is 2.64. The van der Waals surface area contributed by atoms with E-state index in [4.69, 9.17) is 5.73 Å². The van der Waals surface area contributed by atoms with Gasteiger partial charge in [0.1, 0.15) is 0 Å². The maximum absolute atomic E-state index is 5.68. The summed E-state index contributed by atoms with van der Waals surface area (Å²) in [5.41, 5.74) is 5.68. The first-order valence-electron chi connectivity index (χ1n) is 5.75. The molecule has 1 aliphatic heterocycles. The van der Waals surface area contributed by atoms with Gasteiger partial charge in [0, 0.05) is 12.6 Å². The lowest BCUT2D eigenvalue weighted by Crippen LogP contribution is -2.33. The monoisotopic (exact) mass is 184 g/mol. The minimum atomic E-state index is 0.769. The molecule has 2 nitrogen and oxygen atoms in total. The van der Waals surface area contributed by atoms with E-state index in [9.17, 15) is 0 Å². The molecule has 1 rings (SSSR count). The van der Waals surface area contributed by atoms with Crippen molar-refractivity contribution in [2.75, 3.05) is 19.6 Å². The SMILES string of the molecule is CCCC(CC)N1CCC(CN)C1. The molecule has 0 aliphatic carbocycles. The van der Waals surface area contributed by atoms with Crippen LogP contribution in [0.15, 0.2) is 0 Å². The molecule has 1 fully saturated rings. The molecule has 2 N–H and O–H groups in total. The Kier molecular flexibility index (Phi) is 4.74. The van der Waals surface area contributed by atoms with E-state index in [-0.39, 0.29) is 0 Å². The summed E-state index contributed by atoms with van der Waals surface area (Å²) >= 11 is 0. The summed E-state index contributed by atoms with van der Waals surface area (Å²) < 4.78 is 0. The van der Waals surface area contributed by atoms with Gasteiger partial charge >= 0.3 is 0 Å². The molecule has 1 aliphatic rings. The van der Waals surface area contributed by atoms with E-state index in [1.165, 1.54) is 38.8 Å². The van der Waals surface area contributed by atoms with Crippen LogP contribution in [-0.2, 0) is 0 Å². The minimum absolute atomic E-state index is 0.769. The Morgan fingerprint density at radius 3 is 2.69 bits per heavy atom. The molecule has 0 aromatic heterocycles. The zero-order valence-corrected chi connectivity index (χ0v) is 9.13. The molecular weight excluding hydrogens is 160 g/mol. The molecule has 0 saturated carbocycles. The second-order valence-electron chi connectivity index (χ2n) is 4.24. The smallest absolute Gasteiger partial charge is 0.00926 e.